The monoisotopic (exact) mass is 293 g/mol. The van der Waals surface area contributed by atoms with Gasteiger partial charge in [-0.05, 0) is 24.6 Å². The normalized spacial score (nSPS) is 11.3. The van der Waals surface area contributed by atoms with Crippen LogP contribution in [0.1, 0.15) is 11.1 Å². The molecule has 0 spiro atoms. The van der Waals surface area contributed by atoms with Gasteiger partial charge in [-0.1, -0.05) is 42.0 Å². The van der Waals surface area contributed by atoms with Crippen molar-refractivity contribution in [2.24, 2.45) is 0 Å². The molecule has 0 unspecified atom stereocenters. The topological polar surface area (TPSA) is 37.3 Å². The largest absolute Gasteiger partial charge is 0.354 e. The molecule has 0 bridgehead atoms. The van der Waals surface area contributed by atoms with Gasteiger partial charge >= 0.3 is 0 Å². The molecule has 0 saturated carbocycles. The van der Waals surface area contributed by atoms with Crippen LogP contribution < -0.4 is 10.3 Å². The van der Waals surface area contributed by atoms with Crippen LogP contribution in [0.4, 0.5) is 0 Å². The summed E-state index contributed by atoms with van der Waals surface area (Å²) in [6, 6.07) is 16.1. The van der Waals surface area contributed by atoms with Gasteiger partial charge < -0.3 is 9.88 Å². The number of aromatic nitrogens is 1. The molecule has 0 aliphatic carbocycles. The number of aromatic amines is 1. The third kappa shape index (κ3) is 2.68. The second kappa shape index (κ2) is 5.78. The Bertz CT molecular complexity index is 864. The molecule has 3 rings (SSSR count). The average Bonchev–Trinajstić information content (AvgIpc) is 2.51. The summed E-state index contributed by atoms with van der Waals surface area (Å²) in [7, 11) is 4.13. The van der Waals surface area contributed by atoms with Crippen LogP contribution in [0.5, 0.6) is 0 Å². The molecular weight excluding hydrogens is 272 g/mol. The van der Waals surface area contributed by atoms with E-state index in [1.807, 2.05) is 55.5 Å². The fraction of sp³-hybridized carbons (Fsp3) is 0.211. The lowest BCUT2D eigenvalue weighted by atomic mass is 10.0. The predicted molar refractivity (Wildman–Crippen MR) is 91.3 cm³/mol. The first-order chi connectivity index (χ1) is 10.6. The first-order valence-electron chi connectivity index (χ1n) is 7.56. The van der Waals surface area contributed by atoms with E-state index < -0.39 is 0 Å². The molecular formula is C19H21N2O+. The smallest absolute Gasteiger partial charge is 0.198 e. The zero-order chi connectivity index (χ0) is 15.7. The third-order valence-electron chi connectivity index (χ3n) is 3.85. The van der Waals surface area contributed by atoms with Crippen molar-refractivity contribution >= 4 is 10.9 Å². The van der Waals surface area contributed by atoms with Crippen LogP contribution in [0.25, 0.3) is 22.2 Å². The van der Waals surface area contributed by atoms with E-state index in [-0.39, 0.29) is 5.43 Å². The number of hydrogen-bond acceptors (Lipinski definition) is 1. The second-order valence-electron chi connectivity index (χ2n) is 6.11. The van der Waals surface area contributed by atoms with Crippen LogP contribution in [0.3, 0.4) is 0 Å². The lowest BCUT2D eigenvalue weighted by molar-refractivity contribution is -0.872. The molecule has 0 aliphatic heterocycles. The van der Waals surface area contributed by atoms with Crippen molar-refractivity contribution < 1.29 is 4.90 Å². The highest BCUT2D eigenvalue weighted by molar-refractivity contribution is 5.83. The maximum absolute atomic E-state index is 13.0. The van der Waals surface area contributed by atoms with Gasteiger partial charge in [0.1, 0.15) is 6.54 Å². The Morgan fingerprint density at radius 2 is 1.77 bits per heavy atom. The van der Waals surface area contributed by atoms with Crippen molar-refractivity contribution in [1.29, 1.82) is 0 Å². The lowest BCUT2D eigenvalue weighted by Crippen LogP contribution is -3.04. The van der Waals surface area contributed by atoms with Crippen molar-refractivity contribution in [2.45, 2.75) is 13.5 Å². The van der Waals surface area contributed by atoms with Gasteiger partial charge in [-0.2, -0.15) is 0 Å². The van der Waals surface area contributed by atoms with Gasteiger partial charge in [0.05, 0.1) is 25.4 Å². The lowest BCUT2D eigenvalue weighted by Gasteiger charge is -2.14. The summed E-state index contributed by atoms with van der Waals surface area (Å²) in [4.78, 5) is 17.7. The van der Waals surface area contributed by atoms with E-state index >= 15 is 0 Å². The number of aryl methyl sites for hydroxylation is 1. The SMILES string of the molecule is Cc1ccc2[nH]c(-c3ccccc3)c(C[NH+](C)C)c(=O)c2c1. The van der Waals surface area contributed by atoms with E-state index in [1.165, 1.54) is 4.90 Å². The molecule has 0 aliphatic rings. The Hall–Kier alpha value is -2.39. The summed E-state index contributed by atoms with van der Waals surface area (Å²) >= 11 is 0. The number of pyridine rings is 1. The summed E-state index contributed by atoms with van der Waals surface area (Å²) in [5.41, 5.74) is 4.98. The second-order valence-corrected chi connectivity index (χ2v) is 6.11. The van der Waals surface area contributed by atoms with Crippen LogP contribution in [0.15, 0.2) is 53.3 Å². The molecule has 2 N–H and O–H groups in total. The predicted octanol–water partition coefficient (Wildman–Crippen LogP) is 2.15. The van der Waals surface area contributed by atoms with Gasteiger partial charge in [0.25, 0.3) is 0 Å². The van der Waals surface area contributed by atoms with Gasteiger partial charge in [-0.25, -0.2) is 0 Å². The van der Waals surface area contributed by atoms with Crippen LogP contribution in [-0.2, 0) is 6.54 Å². The first kappa shape index (κ1) is 14.5. The first-order valence-corrected chi connectivity index (χ1v) is 7.56. The Kier molecular flexibility index (Phi) is 3.82. The molecule has 112 valence electrons. The quantitative estimate of drug-likeness (QED) is 0.763. The summed E-state index contributed by atoms with van der Waals surface area (Å²) in [5.74, 6) is 0. The molecule has 1 aromatic heterocycles. The minimum absolute atomic E-state index is 0.137. The molecule has 22 heavy (non-hydrogen) atoms. The van der Waals surface area contributed by atoms with Crippen LogP contribution in [-0.4, -0.2) is 19.1 Å². The minimum atomic E-state index is 0.137. The van der Waals surface area contributed by atoms with Crippen LogP contribution >= 0.6 is 0 Å². The van der Waals surface area contributed by atoms with Gasteiger partial charge in [0.15, 0.2) is 5.43 Å². The summed E-state index contributed by atoms with van der Waals surface area (Å²) in [5, 5.41) is 0.774. The number of nitrogens with one attached hydrogen (secondary N) is 2. The molecule has 0 saturated heterocycles. The Morgan fingerprint density at radius 1 is 1.05 bits per heavy atom. The van der Waals surface area contributed by atoms with Crippen molar-refractivity contribution in [3.63, 3.8) is 0 Å². The minimum Gasteiger partial charge on any atom is -0.354 e. The van der Waals surface area contributed by atoms with Gasteiger partial charge in [-0.3, -0.25) is 4.79 Å². The fourth-order valence-corrected chi connectivity index (χ4v) is 2.81. The maximum Gasteiger partial charge on any atom is 0.198 e. The van der Waals surface area contributed by atoms with Crippen molar-refractivity contribution in [3.05, 3.63) is 69.9 Å². The maximum atomic E-state index is 13.0. The van der Waals surface area contributed by atoms with E-state index in [1.54, 1.807) is 0 Å². The molecule has 0 radical (unpaired) electrons. The molecule has 3 aromatic rings. The molecule has 0 fully saturated rings. The highest BCUT2D eigenvalue weighted by atomic mass is 16.1. The van der Waals surface area contributed by atoms with Crippen LogP contribution in [0.2, 0.25) is 0 Å². The highest BCUT2D eigenvalue weighted by Crippen LogP contribution is 2.22. The zero-order valence-corrected chi connectivity index (χ0v) is 13.2. The molecule has 3 heteroatoms. The van der Waals surface area contributed by atoms with Crippen molar-refractivity contribution in [2.75, 3.05) is 14.1 Å². The number of quaternary nitrogens is 1. The summed E-state index contributed by atoms with van der Waals surface area (Å²) in [6.07, 6.45) is 0. The number of hydrogen-bond donors (Lipinski definition) is 2. The number of fused-ring (bicyclic) bond motifs is 1. The molecule has 3 nitrogen and oxygen atoms in total. The fourth-order valence-electron chi connectivity index (χ4n) is 2.81. The van der Waals surface area contributed by atoms with E-state index in [4.69, 9.17) is 0 Å². The molecule has 2 aromatic carbocycles. The Labute approximate surface area is 130 Å². The Morgan fingerprint density at radius 3 is 2.45 bits per heavy atom. The van der Waals surface area contributed by atoms with Gasteiger partial charge in [-0.15, -0.1) is 0 Å². The standard InChI is InChI=1S/C19H20N2O/c1-13-9-10-17-15(11-13)19(22)16(12-21(2)3)18(20-17)14-7-5-4-6-8-14/h4-11H,12H2,1-3H3,(H,20,22)/p+1. The van der Waals surface area contributed by atoms with Crippen molar-refractivity contribution in [1.82, 2.24) is 4.98 Å². The van der Waals surface area contributed by atoms with Gasteiger partial charge in [0, 0.05) is 10.9 Å². The van der Waals surface area contributed by atoms with Crippen LogP contribution in [0, 0.1) is 6.92 Å². The molecule has 1 heterocycles. The van der Waals surface area contributed by atoms with E-state index in [9.17, 15) is 4.79 Å². The van der Waals surface area contributed by atoms with Gasteiger partial charge in [0.2, 0.25) is 0 Å². The van der Waals surface area contributed by atoms with E-state index in [2.05, 4.69) is 19.1 Å². The summed E-state index contributed by atoms with van der Waals surface area (Å²) < 4.78 is 0. The number of H-pyrrole nitrogens is 1. The van der Waals surface area contributed by atoms with E-state index in [0.717, 1.165) is 33.3 Å². The summed E-state index contributed by atoms with van der Waals surface area (Å²) in [6.45, 7) is 2.71. The zero-order valence-electron chi connectivity index (χ0n) is 13.2. The van der Waals surface area contributed by atoms with E-state index in [0.29, 0.717) is 6.54 Å². The van der Waals surface area contributed by atoms with Crippen molar-refractivity contribution in [3.8, 4) is 11.3 Å². The highest BCUT2D eigenvalue weighted by Gasteiger charge is 2.16. The average molecular weight is 293 g/mol. The Balaban J connectivity index is 2.34. The number of benzene rings is 2. The molecule has 0 amide bonds. The number of rotatable bonds is 3. The third-order valence-corrected chi connectivity index (χ3v) is 3.85. The molecule has 0 atom stereocenters.